The van der Waals surface area contributed by atoms with Crippen LogP contribution in [0.1, 0.15) is 68.0 Å². The van der Waals surface area contributed by atoms with Crippen LogP contribution in [0.25, 0.3) is 0 Å². The molecule has 3 heteroatoms. The van der Waals surface area contributed by atoms with Gasteiger partial charge in [-0.2, -0.15) is 5.26 Å². The molecule has 106 valence electrons. The Balaban J connectivity index is 1.87. The molecule has 0 aromatic carbocycles. The first kappa shape index (κ1) is 16.2. The van der Waals surface area contributed by atoms with Crippen molar-refractivity contribution in [1.29, 1.82) is 5.26 Å². The minimum Gasteiger partial charge on any atom is -0.312 e. The zero-order valence-electron chi connectivity index (χ0n) is 12.1. The van der Waals surface area contributed by atoms with Crippen molar-refractivity contribution in [2.75, 3.05) is 6.54 Å². The molecule has 1 N–H and O–H groups in total. The molecule has 1 aromatic rings. The Kier molecular flexibility index (Phi) is 9.40. The average Bonchev–Trinajstić information content (AvgIpc) is 2.89. The maximum Gasteiger partial charge on any atom is 0.110 e. The molecule has 0 aliphatic rings. The molecule has 1 heterocycles. The van der Waals surface area contributed by atoms with Crippen LogP contribution in [0.15, 0.2) is 12.1 Å². The highest BCUT2D eigenvalue weighted by Crippen LogP contribution is 2.14. The summed E-state index contributed by atoms with van der Waals surface area (Å²) in [4.78, 5) is 2.07. The number of rotatable bonds is 11. The van der Waals surface area contributed by atoms with Crippen LogP contribution in [0.5, 0.6) is 0 Å². The van der Waals surface area contributed by atoms with Gasteiger partial charge in [0.05, 0.1) is 0 Å². The summed E-state index contributed by atoms with van der Waals surface area (Å²) in [5, 5.41) is 12.2. The number of nitrogens with one attached hydrogen (secondary N) is 1. The molecule has 0 saturated carbocycles. The van der Waals surface area contributed by atoms with Crippen LogP contribution >= 0.6 is 11.3 Å². The second kappa shape index (κ2) is 11.0. The summed E-state index contributed by atoms with van der Waals surface area (Å²) in [5.74, 6) is 0. The predicted octanol–water partition coefficient (Wildman–Crippen LogP) is 4.85. The van der Waals surface area contributed by atoms with Gasteiger partial charge in [0.2, 0.25) is 0 Å². The van der Waals surface area contributed by atoms with Gasteiger partial charge in [0.1, 0.15) is 10.9 Å². The zero-order valence-corrected chi connectivity index (χ0v) is 12.9. The lowest BCUT2D eigenvalue weighted by atomic mass is 10.1. The molecular formula is C16H26N2S. The third-order valence-corrected chi connectivity index (χ3v) is 4.27. The molecule has 0 aliphatic heterocycles. The first-order valence-electron chi connectivity index (χ1n) is 7.56. The lowest BCUT2D eigenvalue weighted by Crippen LogP contribution is -2.13. The van der Waals surface area contributed by atoms with E-state index in [0.29, 0.717) is 0 Å². The highest BCUT2D eigenvalue weighted by atomic mass is 32.1. The van der Waals surface area contributed by atoms with Gasteiger partial charge in [0.15, 0.2) is 0 Å². The van der Waals surface area contributed by atoms with Crippen molar-refractivity contribution >= 4 is 11.3 Å². The van der Waals surface area contributed by atoms with Crippen LogP contribution in [0.3, 0.4) is 0 Å². The van der Waals surface area contributed by atoms with E-state index in [-0.39, 0.29) is 0 Å². The van der Waals surface area contributed by atoms with Crippen LogP contribution in [0, 0.1) is 11.3 Å². The normalized spacial score (nSPS) is 10.5. The highest BCUT2D eigenvalue weighted by Gasteiger charge is 1.98. The van der Waals surface area contributed by atoms with E-state index in [1.165, 1.54) is 56.2 Å². The second-order valence-electron chi connectivity index (χ2n) is 5.03. The third kappa shape index (κ3) is 8.02. The van der Waals surface area contributed by atoms with E-state index in [4.69, 9.17) is 5.26 Å². The maximum absolute atomic E-state index is 8.74. The molecule has 19 heavy (non-hydrogen) atoms. The van der Waals surface area contributed by atoms with Crippen molar-refractivity contribution in [3.05, 3.63) is 21.9 Å². The fourth-order valence-electron chi connectivity index (χ4n) is 2.13. The van der Waals surface area contributed by atoms with E-state index in [2.05, 4.69) is 18.3 Å². The van der Waals surface area contributed by atoms with Crippen molar-refractivity contribution in [2.24, 2.45) is 0 Å². The van der Waals surface area contributed by atoms with E-state index in [9.17, 15) is 0 Å². The minimum absolute atomic E-state index is 0.809. The van der Waals surface area contributed by atoms with E-state index in [1.54, 1.807) is 11.3 Å². The van der Waals surface area contributed by atoms with Gasteiger partial charge in [-0.25, -0.2) is 0 Å². The first-order valence-corrected chi connectivity index (χ1v) is 8.38. The quantitative estimate of drug-likeness (QED) is 0.587. The van der Waals surface area contributed by atoms with Gasteiger partial charge in [-0.15, -0.1) is 11.3 Å². The Morgan fingerprint density at radius 1 is 1.05 bits per heavy atom. The summed E-state index contributed by atoms with van der Waals surface area (Å²) in [6.07, 6.45) is 10.9. The largest absolute Gasteiger partial charge is 0.312 e. The van der Waals surface area contributed by atoms with E-state index >= 15 is 0 Å². The molecule has 0 atom stereocenters. The van der Waals surface area contributed by atoms with Crippen molar-refractivity contribution in [2.45, 2.75) is 64.8 Å². The zero-order chi connectivity index (χ0) is 13.8. The van der Waals surface area contributed by atoms with Crippen LogP contribution in [-0.4, -0.2) is 6.54 Å². The Bertz CT molecular complexity index is 365. The molecule has 0 bridgehead atoms. The molecule has 1 aromatic heterocycles. The lowest BCUT2D eigenvalue weighted by Gasteiger charge is -2.03. The molecule has 2 nitrogen and oxygen atoms in total. The van der Waals surface area contributed by atoms with Crippen LogP contribution in [0.4, 0.5) is 0 Å². The molecule has 0 aliphatic carbocycles. The standard InChI is InChI=1S/C16H26N2S/c1-2-3-4-5-6-7-8-9-12-18-14-16-11-10-15(13-17)19-16/h10-11,18H,2-9,12,14H2,1H3. The average molecular weight is 278 g/mol. The number of unbranched alkanes of at least 4 members (excludes halogenated alkanes) is 7. The van der Waals surface area contributed by atoms with Crippen LogP contribution < -0.4 is 5.32 Å². The lowest BCUT2D eigenvalue weighted by molar-refractivity contribution is 0.556. The summed E-state index contributed by atoms with van der Waals surface area (Å²) in [7, 11) is 0. The van der Waals surface area contributed by atoms with Gasteiger partial charge in [0.25, 0.3) is 0 Å². The minimum atomic E-state index is 0.809. The molecule has 0 amide bonds. The SMILES string of the molecule is CCCCCCCCCCNCc1ccc(C#N)s1. The molecule has 0 spiro atoms. The molecule has 1 rings (SSSR count). The Morgan fingerprint density at radius 2 is 1.74 bits per heavy atom. The molecule has 0 unspecified atom stereocenters. The summed E-state index contributed by atoms with van der Waals surface area (Å²) in [6, 6.07) is 6.12. The Labute approximate surface area is 121 Å². The second-order valence-corrected chi connectivity index (χ2v) is 6.20. The fourth-order valence-corrected chi connectivity index (χ4v) is 2.90. The highest BCUT2D eigenvalue weighted by molar-refractivity contribution is 7.12. The van der Waals surface area contributed by atoms with E-state index < -0.39 is 0 Å². The number of thiophene rings is 1. The number of nitriles is 1. The van der Waals surface area contributed by atoms with Crippen molar-refractivity contribution in [3.63, 3.8) is 0 Å². The Morgan fingerprint density at radius 3 is 2.37 bits per heavy atom. The predicted molar refractivity (Wildman–Crippen MR) is 83.4 cm³/mol. The smallest absolute Gasteiger partial charge is 0.110 e. The first-order chi connectivity index (χ1) is 9.36. The van der Waals surface area contributed by atoms with Crippen molar-refractivity contribution in [3.8, 4) is 6.07 Å². The van der Waals surface area contributed by atoms with Crippen LogP contribution in [0.2, 0.25) is 0 Å². The Hall–Kier alpha value is -0.850. The third-order valence-electron chi connectivity index (χ3n) is 3.28. The van der Waals surface area contributed by atoms with Gasteiger partial charge in [-0.1, -0.05) is 51.9 Å². The molecule has 0 saturated heterocycles. The van der Waals surface area contributed by atoms with Crippen molar-refractivity contribution in [1.82, 2.24) is 5.32 Å². The summed E-state index contributed by atoms with van der Waals surface area (Å²) < 4.78 is 0. The van der Waals surface area contributed by atoms with E-state index in [1.807, 2.05) is 12.1 Å². The van der Waals surface area contributed by atoms with Gasteiger partial charge in [-0.3, -0.25) is 0 Å². The number of hydrogen-bond donors (Lipinski definition) is 1. The molecule has 0 radical (unpaired) electrons. The summed E-state index contributed by atoms with van der Waals surface area (Å²) in [6.45, 7) is 4.26. The van der Waals surface area contributed by atoms with Crippen LogP contribution in [-0.2, 0) is 6.54 Å². The monoisotopic (exact) mass is 278 g/mol. The number of hydrogen-bond acceptors (Lipinski definition) is 3. The maximum atomic E-state index is 8.74. The fraction of sp³-hybridized carbons (Fsp3) is 0.688. The van der Waals surface area contributed by atoms with E-state index in [0.717, 1.165) is 18.0 Å². The summed E-state index contributed by atoms with van der Waals surface area (Å²) in [5.41, 5.74) is 0. The topological polar surface area (TPSA) is 35.8 Å². The molecular weight excluding hydrogens is 252 g/mol. The van der Waals surface area contributed by atoms with Crippen molar-refractivity contribution < 1.29 is 0 Å². The van der Waals surface area contributed by atoms with Gasteiger partial charge >= 0.3 is 0 Å². The summed E-state index contributed by atoms with van der Waals surface area (Å²) >= 11 is 1.59. The van der Waals surface area contributed by atoms with Gasteiger partial charge < -0.3 is 5.32 Å². The van der Waals surface area contributed by atoms with Gasteiger partial charge in [0, 0.05) is 11.4 Å². The van der Waals surface area contributed by atoms with Gasteiger partial charge in [-0.05, 0) is 25.1 Å². The number of nitrogens with zero attached hydrogens (tertiary/aromatic N) is 1. The molecule has 0 fully saturated rings.